The van der Waals surface area contributed by atoms with E-state index in [4.69, 9.17) is 16.6 Å². The molecular formula is C23H20ClFN6O. The first-order valence-electron chi connectivity index (χ1n) is 10.3. The fraction of sp³-hybridized carbons (Fsp3) is 0.261. The Morgan fingerprint density at radius 1 is 1.09 bits per heavy atom. The summed E-state index contributed by atoms with van der Waals surface area (Å²) in [6.07, 6.45) is 5.45. The second kappa shape index (κ2) is 7.94. The maximum Gasteiger partial charge on any atom is 0.279 e. The van der Waals surface area contributed by atoms with E-state index in [2.05, 4.69) is 15.0 Å². The standard InChI is InChI=1S/C23H20ClFN6O/c1-13-27-20-19(17-6-5-16(24)10-18(17)25)28-23(29-21(20)22(32)30(13)2)31-9-3-4-14-7-8-26-11-15(14)12-31/h5-8,10-11H,3-4,9,12H2,1-2H3. The van der Waals surface area contributed by atoms with Gasteiger partial charge in [0.15, 0.2) is 5.52 Å². The van der Waals surface area contributed by atoms with Gasteiger partial charge >= 0.3 is 0 Å². The molecule has 5 rings (SSSR count). The van der Waals surface area contributed by atoms with Crippen LogP contribution in [-0.2, 0) is 20.0 Å². The van der Waals surface area contributed by atoms with E-state index in [9.17, 15) is 9.18 Å². The summed E-state index contributed by atoms with van der Waals surface area (Å²) in [5, 5.41) is 0.279. The molecule has 1 aliphatic rings. The third-order valence-electron chi connectivity index (χ3n) is 5.85. The van der Waals surface area contributed by atoms with Crippen LogP contribution < -0.4 is 10.5 Å². The highest BCUT2D eigenvalue weighted by Crippen LogP contribution is 2.31. The minimum absolute atomic E-state index is 0.156. The van der Waals surface area contributed by atoms with Crippen LogP contribution in [0.5, 0.6) is 0 Å². The van der Waals surface area contributed by atoms with Crippen LogP contribution in [0.25, 0.3) is 22.3 Å². The quantitative estimate of drug-likeness (QED) is 0.462. The van der Waals surface area contributed by atoms with Gasteiger partial charge < -0.3 is 4.90 Å². The Balaban J connectivity index is 1.75. The molecule has 0 aliphatic carbocycles. The SMILES string of the molecule is Cc1nc2c(-c3ccc(Cl)cc3F)nc(N3CCCc4ccncc4C3)nc2c(=O)n1C. The summed E-state index contributed by atoms with van der Waals surface area (Å²) in [7, 11) is 1.64. The number of anilines is 1. The Bertz CT molecular complexity index is 1420. The van der Waals surface area contributed by atoms with Gasteiger partial charge in [0.1, 0.15) is 22.9 Å². The van der Waals surface area contributed by atoms with Gasteiger partial charge in [0.05, 0.1) is 0 Å². The summed E-state index contributed by atoms with van der Waals surface area (Å²) in [4.78, 5) is 33.1. The van der Waals surface area contributed by atoms with Crippen LogP contribution in [0, 0.1) is 12.7 Å². The predicted octanol–water partition coefficient (Wildman–Crippen LogP) is 3.84. The molecular weight excluding hydrogens is 431 g/mol. The average Bonchev–Trinajstić information content (AvgIpc) is 3.00. The molecule has 0 spiro atoms. The van der Waals surface area contributed by atoms with E-state index in [-0.39, 0.29) is 32.9 Å². The van der Waals surface area contributed by atoms with E-state index in [0.717, 1.165) is 18.4 Å². The third-order valence-corrected chi connectivity index (χ3v) is 6.08. The largest absolute Gasteiger partial charge is 0.336 e. The van der Waals surface area contributed by atoms with E-state index < -0.39 is 5.82 Å². The van der Waals surface area contributed by atoms with Gasteiger partial charge in [-0.2, -0.15) is 0 Å². The molecule has 0 fully saturated rings. The molecule has 1 aliphatic heterocycles. The first-order valence-corrected chi connectivity index (χ1v) is 10.7. The summed E-state index contributed by atoms with van der Waals surface area (Å²) in [5.74, 6) is 0.319. The normalized spacial score (nSPS) is 13.8. The zero-order valence-corrected chi connectivity index (χ0v) is 18.4. The molecule has 0 unspecified atom stereocenters. The average molecular weight is 451 g/mol. The molecule has 9 heteroatoms. The topological polar surface area (TPSA) is 76.8 Å². The van der Waals surface area contributed by atoms with E-state index in [1.54, 1.807) is 32.3 Å². The molecule has 7 nitrogen and oxygen atoms in total. The Morgan fingerprint density at radius 3 is 2.75 bits per heavy atom. The van der Waals surface area contributed by atoms with Gasteiger partial charge in [-0.1, -0.05) is 11.6 Å². The molecule has 0 amide bonds. The molecule has 0 atom stereocenters. The zero-order chi connectivity index (χ0) is 22.4. The van der Waals surface area contributed by atoms with Crippen LogP contribution in [0.4, 0.5) is 10.3 Å². The molecule has 0 N–H and O–H groups in total. The van der Waals surface area contributed by atoms with Gasteiger partial charge in [0.25, 0.3) is 5.56 Å². The molecule has 0 saturated heterocycles. The van der Waals surface area contributed by atoms with Crippen molar-refractivity contribution in [1.29, 1.82) is 0 Å². The number of aryl methyl sites for hydroxylation is 2. The van der Waals surface area contributed by atoms with Gasteiger partial charge in [-0.3, -0.25) is 14.3 Å². The first-order chi connectivity index (χ1) is 15.4. The van der Waals surface area contributed by atoms with E-state index >= 15 is 0 Å². The Kier molecular flexibility index (Phi) is 5.09. The highest BCUT2D eigenvalue weighted by atomic mass is 35.5. The van der Waals surface area contributed by atoms with Crippen molar-refractivity contribution in [3.8, 4) is 11.3 Å². The van der Waals surface area contributed by atoms with Gasteiger partial charge in [0.2, 0.25) is 5.95 Å². The number of hydrogen-bond donors (Lipinski definition) is 0. The summed E-state index contributed by atoms with van der Waals surface area (Å²) >= 11 is 5.96. The third kappa shape index (κ3) is 3.50. The van der Waals surface area contributed by atoms with Crippen molar-refractivity contribution >= 4 is 28.6 Å². The lowest BCUT2D eigenvalue weighted by molar-refractivity contribution is 0.630. The van der Waals surface area contributed by atoms with Crippen molar-refractivity contribution in [2.45, 2.75) is 26.3 Å². The van der Waals surface area contributed by atoms with Crippen molar-refractivity contribution in [3.63, 3.8) is 0 Å². The van der Waals surface area contributed by atoms with Crippen molar-refractivity contribution in [2.75, 3.05) is 11.4 Å². The Labute approximate surface area is 188 Å². The molecule has 0 bridgehead atoms. The van der Waals surface area contributed by atoms with Crippen LogP contribution in [-0.4, -0.2) is 31.0 Å². The molecule has 0 radical (unpaired) electrons. The van der Waals surface area contributed by atoms with Crippen LogP contribution in [0.2, 0.25) is 5.02 Å². The second-order valence-corrected chi connectivity index (χ2v) is 8.32. The molecule has 4 heterocycles. The molecule has 0 saturated carbocycles. The lowest BCUT2D eigenvalue weighted by Crippen LogP contribution is -2.27. The zero-order valence-electron chi connectivity index (χ0n) is 17.6. The Hall–Kier alpha value is -3.39. The van der Waals surface area contributed by atoms with Crippen LogP contribution in [0.1, 0.15) is 23.4 Å². The maximum absolute atomic E-state index is 14.9. The number of fused-ring (bicyclic) bond motifs is 2. The summed E-state index contributed by atoms with van der Waals surface area (Å²) in [6, 6.07) is 6.40. The summed E-state index contributed by atoms with van der Waals surface area (Å²) in [5.41, 5.74) is 2.94. The number of aromatic nitrogens is 5. The summed E-state index contributed by atoms with van der Waals surface area (Å²) in [6.45, 7) is 2.97. The van der Waals surface area contributed by atoms with Gasteiger partial charge in [-0.25, -0.2) is 19.3 Å². The monoisotopic (exact) mass is 450 g/mol. The van der Waals surface area contributed by atoms with E-state index in [1.807, 2.05) is 17.2 Å². The fourth-order valence-electron chi connectivity index (χ4n) is 4.01. The lowest BCUT2D eigenvalue weighted by Gasteiger charge is -2.22. The van der Waals surface area contributed by atoms with E-state index in [0.29, 0.717) is 24.9 Å². The van der Waals surface area contributed by atoms with Crippen molar-refractivity contribution in [1.82, 2.24) is 24.5 Å². The molecule has 4 aromatic rings. The minimum atomic E-state index is -0.533. The van der Waals surface area contributed by atoms with Gasteiger partial charge in [0, 0.05) is 43.1 Å². The number of halogens is 2. The van der Waals surface area contributed by atoms with Crippen LogP contribution in [0.15, 0.2) is 41.5 Å². The van der Waals surface area contributed by atoms with Crippen molar-refractivity contribution in [3.05, 3.63) is 74.8 Å². The Morgan fingerprint density at radius 2 is 1.94 bits per heavy atom. The summed E-state index contributed by atoms with van der Waals surface area (Å²) < 4.78 is 16.3. The van der Waals surface area contributed by atoms with Crippen LogP contribution in [0.3, 0.4) is 0 Å². The smallest absolute Gasteiger partial charge is 0.279 e. The molecule has 162 valence electrons. The number of rotatable bonds is 2. The van der Waals surface area contributed by atoms with Crippen molar-refractivity contribution < 1.29 is 4.39 Å². The molecule has 32 heavy (non-hydrogen) atoms. The lowest BCUT2D eigenvalue weighted by atomic mass is 10.1. The molecule has 3 aromatic heterocycles. The predicted molar refractivity (Wildman–Crippen MR) is 121 cm³/mol. The van der Waals surface area contributed by atoms with E-state index in [1.165, 1.54) is 16.2 Å². The van der Waals surface area contributed by atoms with Gasteiger partial charge in [-0.15, -0.1) is 0 Å². The number of hydrogen-bond acceptors (Lipinski definition) is 6. The second-order valence-electron chi connectivity index (χ2n) is 7.89. The number of nitrogens with zero attached hydrogens (tertiary/aromatic N) is 6. The number of benzene rings is 1. The van der Waals surface area contributed by atoms with Crippen molar-refractivity contribution in [2.24, 2.45) is 7.05 Å². The highest BCUT2D eigenvalue weighted by molar-refractivity contribution is 6.30. The fourth-order valence-corrected chi connectivity index (χ4v) is 4.17. The molecule has 1 aromatic carbocycles. The highest BCUT2D eigenvalue weighted by Gasteiger charge is 2.23. The first kappa shape index (κ1) is 20.5. The van der Waals surface area contributed by atoms with Gasteiger partial charge in [-0.05, 0) is 55.2 Å². The minimum Gasteiger partial charge on any atom is -0.336 e. The van der Waals surface area contributed by atoms with Crippen LogP contribution >= 0.6 is 11.6 Å². The number of pyridine rings is 1. The maximum atomic E-state index is 14.9.